The summed E-state index contributed by atoms with van der Waals surface area (Å²) in [5.41, 5.74) is 4.68. The fourth-order valence-corrected chi connectivity index (χ4v) is 2.18. The van der Waals surface area contributed by atoms with Crippen LogP contribution in [0.25, 0.3) is 5.69 Å². The number of pyridine rings is 1. The maximum absolute atomic E-state index is 4.71. The van der Waals surface area contributed by atoms with Crippen molar-refractivity contribution in [1.82, 2.24) is 20.1 Å². The number of rotatable bonds is 6. The highest BCUT2D eigenvalue weighted by atomic mass is 15.3. The Labute approximate surface area is 121 Å². The fourth-order valence-electron chi connectivity index (χ4n) is 2.18. The van der Waals surface area contributed by atoms with Gasteiger partial charge in [0.15, 0.2) is 0 Å². The molecule has 0 radical (unpaired) electrons. The van der Waals surface area contributed by atoms with E-state index in [1.54, 1.807) is 0 Å². The van der Waals surface area contributed by atoms with Crippen molar-refractivity contribution in [3.8, 4) is 5.69 Å². The van der Waals surface area contributed by atoms with Crippen LogP contribution in [0.1, 0.15) is 44.6 Å². The van der Waals surface area contributed by atoms with Crippen molar-refractivity contribution >= 4 is 0 Å². The van der Waals surface area contributed by atoms with E-state index in [1.165, 1.54) is 11.3 Å². The summed E-state index contributed by atoms with van der Waals surface area (Å²) in [4.78, 5) is 4.27. The largest absolute Gasteiger partial charge is 0.310 e. The van der Waals surface area contributed by atoms with Crippen LogP contribution in [0.4, 0.5) is 0 Å². The molecule has 2 heterocycles. The Hall–Kier alpha value is -1.68. The summed E-state index contributed by atoms with van der Waals surface area (Å²) in [6, 6.07) is 4.72. The van der Waals surface area contributed by atoms with Gasteiger partial charge < -0.3 is 5.32 Å². The lowest BCUT2D eigenvalue weighted by Crippen LogP contribution is -2.23. The van der Waals surface area contributed by atoms with Crippen LogP contribution in [-0.2, 0) is 19.4 Å². The lowest BCUT2D eigenvalue weighted by atomic mass is 10.2. The Bertz CT molecular complexity index is 557. The van der Waals surface area contributed by atoms with Crippen LogP contribution in [0.5, 0.6) is 0 Å². The summed E-state index contributed by atoms with van der Waals surface area (Å²) in [5.74, 6) is 0. The molecule has 2 aromatic rings. The second-order valence-corrected chi connectivity index (χ2v) is 5.29. The van der Waals surface area contributed by atoms with Gasteiger partial charge in [-0.2, -0.15) is 5.10 Å². The van der Waals surface area contributed by atoms with Gasteiger partial charge in [0.1, 0.15) is 0 Å². The van der Waals surface area contributed by atoms with E-state index >= 15 is 0 Å². The van der Waals surface area contributed by atoms with E-state index in [1.807, 2.05) is 17.1 Å². The monoisotopic (exact) mass is 272 g/mol. The van der Waals surface area contributed by atoms with Gasteiger partial charge in [-0.15, -0.1) is 0 Å². The molecule has 0 aliphatic rings. The molecule has 1 N–H and O–H groups in total. The third-order valence-electron chi connectivity index (χ3n) is 3.37. The molecule has 0 saturated carbocycles. The van der Waals surface area contributed by atoms with E-state index < -0.39 is 0 Å². The van der Waals surface area contributed by atoms with Gasteiger partial charge in [0.2, 0.25) is 0 Å². The number of nitrogens with one attached hydrogen (secondary N) is 1. The summed E-state index contributed by atoms with van der Waals surface area (Å²) in [5, 5.41) is 8.17. The van der Waals surface area contributed by atoms with Crippen molar-refractivity contribution < 1.29 is 0 Å². The topological polar surface area (TPSA) is 42.7 Å². The third-order valence-corrected chi connectivity index (χ3v) is 3.37. The van der Waals surface area contributed by atoms with Crippen molar-refractivity contribution in [2.24, 2.45) is 0 Å². The molecule has 0 aromatic carbocycles. The average molecular weight is 272 g/mol. The highest BCUT2D eigenvalue weighted by Gasteiger charge is 2.11. The molecule has 4 nitrogen and oxygen atoms in total. The summed E-state index contributed by atoms with van der Waals surface area (Å²) >= 11 is 0. The number of hydrogen-bond donors (Lipinski definition) is 1. The molecule has 0 aliphatic heterocycles. The van der Waals surface area contributed by atoms with Gasteiger partial charge in [-0.05, 0) is 30.5 Å². The lowest BCUT2D eigenvalue weighted by molar-refractivity contribution is 0.585. The molecule has 0 saturated heterocycles. The first-order valence-electron chi connectivity index (χ1n) is 7.40. The normalized spacial score (nSPS) is 11.2. The molecule has 4 heteroatoms. The SMILES string of the molecule is CCc1cc(CC)n(-c2cnccc2CNC(C)C)n1. The van der Waals surface area contributed by atoms with E-state index in [9.17, 15) is 0 Å². The standard InChI is InChI=1S/C16H24N4/c1-5-14-9-15(6-2)20(19-14)16-11-17-8-7-13(16)10-18-12(3)4/h7-9,11-12,18H,5-6,10H2,1-4H3. The predicted octanol–water partition coefficient (Wildman–Crippen LogP) is 2.89. The molecule has 0 unspecified atom stereocenters. The molecule has 0 fully saturated rings. The minimum absolute atomic E-state index is 0.463. The van der Waals surface area contributed by atoms with E-state index in [-0.39, 0.29) is 0 Å². The molecule has 108 valence electrons. The molecular weight excluding hydrogens is 248 g/mol. The van der Waals surface area contributed by atoms with Gasteiger partial charge in [0.05, 0.1) is 17.6 Å². The molecule has 0 bridgehead atoms. The average Bonchev–Trinajstić information content (AvgIpc) is 2.88. The van der Waals surface area contributed by atoms with Gasteiger partial charge in [0, 0.05) is 24.5 Å². The van der Waals surface area contributed by atoms with Crippen LogP contribution >= 0.6 is 0 Å². The second-order valence-electron chi connectivity index (χ2n) is 5.29. The first kappa shape index (κ1) is 14.7. The summed E-state index contributed by atoms with van der Waals surface area (Å²) in [6.45, 7) is 9.44. The molecule has 0 aliphatic carbocycles. The molecule has 2 rings (SSSR count). The Kier molecular flexibility index (Phi) is 4.90. The van der Waals surface area contributed by atoms with Gasteiger partial charge in [-0.3, -0.25) is 4.98 Å². The van der Waals surface area contributed by atoms with Crippen molar-refractivity contribution in [3.05, 3.63) is 41.5 Å². The van der Waals surface area contributed by atoms with Crippen molar-refractivity contribution in [1.29, 1.82) is 0 Å². The second kappa shape index (κ2) is 6.66. The summed E-state index contributed by atoms with van der Waals surface area (Å²) < 4.78 is 2.04. The number of aryl methyl sites for hydroxylation is 2. The molecule has 2 aromatic heterocycles. The van der Waals surface area contributed by atoms with Gasteiger partial charge in [-0.25, -0.2) is 4.68 Å². The fraction of sp³-hybridized carbons (Fsp3) is 0.500. The lowest BCUT2D eigenvalue weighted by Gasteiger charge is -2.13. The van der Waals surface area contributed by atoms with Crippen molar-refractivity contribution in [2.45, 2.75) is 53.1 Å². The number of hydrogen-bond acceptors (Lipinski definition) is 3. The summed E-state index contributed by atoms with van der Waals surface area (Å²) in [7, 11) is 0. The minimum atomic E-state index is 0.463. The van der Waals surface area contributed by atoms with Crippen LogP contribution in [0.2, 0.25) is 0 Å². The van der Waals surface area contributed by atoms with E-state index in [0.29, 0.717) is 6.04 Å². The molecule has 20 heavy (non-hydrogen) atoms. The van der Waals surface area contributed by atoms with Gasteiger partial charge in [-0.1, -0.05) is 27.7 Å². The quantitative estimate of drug-likeness (QED) is 0.879. The molecule has 0 atom stereocenters. The molecular formula is C16H24N4. The third kappa shape index (κ3) is 3.25. The molecule has 0 spiro atoms. The van der Waals surface area contributed by atoms with Crippen LogP contribution in [0.3, 0.4) is 0 Å². The predicted molar refractivity (Wildman–Crippen MR) is 82.1 cm³/mol. The zero-order chi connectivity index (χ0) is 14.5. The van der Waals surface area contributed by atoms with Gasteiger partial charge in [0.25, 0.3) is 0 Å². The van der Waals surface area contributed by atoms with E-state index in [0.717, 1.165) is 30.8 Å². The minimum Gasteiger partial charge on any atom is -0.310 e. The number of nitrogens with zero attached hydrogens (tertiary/aromatic N) is 3. The maximum atomic E-state index is 4.71. The smallest absolute Gasteiger partial charge is 0.0876 e. The highest BCUT2D eigenvalue weighted by Crippen LogP contribution is 2.17. The Morgan fingerprint density at radius 3 is 2.70 bits per heavy atom. The van der Waals surface area contributed by atoms with Crippen LogP contribution in [0, 0.1) is 0 Å². The Morgan fingerprint density at radius 2 is 2.05 bits per heavy atom. The summed E-state index contributed by atoms with van der Waals surface area (Å²) in [6.07, 6.45) is 5.68. The van der Waals surface area contributed by atoms with Crippen molar-refractivity contribution in [3.63, 3.8) is 0 Å². The number of aromatic nitrogens is 3. The van der Waals surface area contributed by atoms with Crippen LogP contribution in [0.15, 0.2) is 24.5 Å². The maximum Gasteiger partial charge on any atom is 0.0876 e. The first-order valence-corrected chi connectivity index (χ1v) is 7.40. The molecule has 0 amide bonds. The Morgan fingerprint density at radius 1 is 1.25 bits per heavy atom. The van der Waals surface area contributed by atoms with Crippen LogP contribution in [-0.4, -0.2) is 20.8 Å². The zero-order valence-corrected chi connectivity index (χ0v) is 12.8. The van der Waals surface area contributed by atoms with Gasteiger partial charge >= 0.3 is 0 Å². The zero-order valence-electron chi connectivity index (χ0n) is 12.8. The van der Waals surface area contributed by atoms with Crippen molar-refractivity contribution in [2.75, 3.05) is 0 Å². The first-order chi connectivity index (χ1) is 9.65. The highest BCUT2D eigenvalue weighted by molar-refractivity contribution is 5.39. The van der Waals surface area contributed by atoms with E-state index in [2.05, 4.69) is 50.1 Å². The van der Waals surface area contributed by atoms with E-state index in [4.69, 9.17) is 5.10 Å². The van der Waals surface area contributed by atoms with Crippen LogP contribution < -0.4 is 5.32 Å². The Balaban J connectivity index is 2.38.